The first kappa shape index (κ1) is 14.4. The number of hydrogen-bond acceptors (Lipinski definition) is 4. The standard InChI is InChI=1S/C11H23NO3/c1-2-15-11(14)7-9-12-8-5-3-4-6-10-13/h12-13H,2-10H2,1H3. The van der Waals surface area contributed by atoms with Gasteiger partial charge in [0.15, 0.2) is 0 Å². The summed E-state index contributed by atoms with van der Waals surface area (Å²) in [5.74, 6) is -0.134. The van der Waals surface area contributed by atoms with E-state index in [-0.39, 0.29) is 12.6 Å². The molecule has 0 fully saturated rings. The quantitative estimate of drug-likeness (QED) is 0.425. The largest absolute Gasteiger partial charge is 0.466 e. The van der Waals surface area contributed by atoms with Crippen molar-refractivity contribution < 1.29 is 14.6 Å². The molecule has 0 saturated carbocycles. The van der Waals surface area contributed by atoms with Crippen molar-refractivity contribution in [2.24, 2.45) is 0 Å². The second-order valence-electron chi connectivity index (χ2n) is 3.44. The van der Waals surface area contributed by atoms with E-state index in [9.17, 15) is 4.79 Å². The molecule has 90 valence electrons. The molecule has 0 aromatic heterocycles. The van der Waals surface area contributed by atoms with Crippen molar-refractivity contribution in [1.29, 1.82) is 0 Å². The van der Waals surface area contributed by atoms with E-state index in [1.165, 1.54) is 0 Å². The van der Waals surface area contributed by atoms with E-state index in [1.807, 2.05) is 6.92 Å². The molecule has 0 saturated heterocycles. The summed E-state index contributed by atoms with van der Waals surface area (Å²) in [7, 11) is 0. The minimum Gasteiger partial charge on any atom is -0.466 e. The SMILES string of the molecule is CCOC(=O)CCNCCCCCCO. The highest BCUT2D eigenvalue weighted by Gasteiger charge is 1.99. The second kappa shape index (κ2) is 11.5. The minimum absolute atomic E-state index is 0.134. The molecule has 0 heterocycles. The lowest BCUT2D eigenvalue weighted by Crippen LogP contribution is -2.20. The molecular formula is C11H23NO3. The van der Waals surface area contributed by atoms with Gasteiger partial charge in [-0.05, 0) is 26.3 Å². The Morgan fingerprint density at radius 2 is 1.93 bits per heavy atom. The summed E-state index contributed by atoms with van der Waals surface area (Å²) in [5, 5.41) is 11.7. The van der Waals surface area contributed by atoms with Gasteiger partial charge in [0.1, 0.15) is 0 Å². The molecule has 0 aliphatic rings. The van der Waals surface area contributed by atoms with Crippen molar-refractivity contribution in [3.63, 3.8) is 0 Å². The van der Waals surface area contributed by atoms with E-state index >= 15 is 0 Å². The lowest BCUT2D eigenvalue weighted by molar-refractivity contribution is -0.142. The third kappa shape index (κ3) is 11.3. The first-order valence-electron chi connectivity index (χ1n) is 5.78. The smallest absolute Gasteiger partial charge is 0.307 e. The van der Waals surface area contributed by atoms with Gasteiger partial charge in [-0.3, -0.25) is 4.79 Å². The van der Waals surface area contributed by atoms with Gasteiger partial charge in [-0.2, -0.15) is 0 Å². The lowest BCUT2D eigenvalue weighted by atomic mass is 10.2. The summed E-state index contributed by atoms with van der Waals surface area (Å²) < 4.78 is 4.79. The van der Waals surface area contributed by atoms with Crippen molar-refractivity contribution >= 4 is 5.97 Å². The van der Waals surface area contributed by atoms with Gasteiger partial charge in [-0.15, -0.1) is 0 Å². The number of carbonyl (C=O) groups excluding carboxylic acids is 1. The maximum absolute atomic E-state index is 10.9. The van der Waals surface area contributed by atoms with E-state index in [2.05, 4.69) is 5.32 Å². The lowest BCUT2D eigenvalue weighted by Gasteiger charge is -2.04. The first-order chi connectivity index (χ1) is 7.31. The van der Waals surface area contributed by atoms with Crippen LogP contribution < -0.4 is 5.32 Å². The second-order valence-corrected chi connectivity index (χ2v) is 3.44. The highest BCUT2D eigenvalue weighted by atomic mass is 16.5. The molecule has 0 atom stereocenters. The van der Waals surface area contributed by atoms with Crippen LogP contribution in [0.4, 0.5) is 0 Å². The number of esters is 1. The van der Waals surface area contributed by atoms with Crippen LogP contribution in [0.2, 0.25) is 0 Å². The Kier molecular flexibility index (Phi) is 11.0. The molecule has 4 heteroatoms. The number of aliphatic hydroxyl groups excluding tert-OH is 1. The normalized spacial score (nSPS) is 10.3. The van der Waals surface area contributed by atoms with Crippen LogP contribution in [0.5, 0.6) is 0 Å². The molecule has 2 N–H and O–H groups in total. The van der Waals surface area contributed by atoms with Crippen LogP contribution in [0.15, 0.2) is 0 Å². The number of unbranched alkanes of at least 4 members (excludes halogenated alkanes) is 3. The molecule has 15 heavy (non-hydrogen) atoms. The maximum Gasteiger partial charge on any atom is 0.307 e. The summed E-state index contributed by atoms with van der Waals surface area (Å²) in [5.41, 5.74) is 0. The van der Waals surface area contributed by atoms with E-state index in [0.717, 1.165) is 32.2 Å². The molecule has 0 aromatic rings. The average molecular weight is 217 g/mol. The third-order valence-corrected chi connectivity index (χ3v) is 2.07. The number of hydrogen-bond donors (Lipinski definition) is 2. The van der Waals surface area contributed by atoms with Crippen LogP contribution in [0, 0.1) is 0 Å². The summed E-state index contributed by atoms with van der Waals surface area (Å²) in [6.45, 7) is 4.19. The van der Waals surface area contributed by atoms with Crippen LogP contribution in [-0.4, -0.2) is 37.4 Å². The number of aliphatic hydroxyl groups is 1. The number of carbonyl (C=O) groups is 1. The van der Waals surface area contributed by atoms with Gasteiger partial charge < -0.3 is 15.2 Å². The zero-order valence-electron chi connectivity index (χ0n) is 9.63. The fraction of sp³-hybridized carbons (Fsp3) is 0.909. The molecule has 0 amide bonds. The summed E-state index contributed by atoms with van der Waals surface area (Å²) >= 11 is 0. The van der Waals surface area contributed by atoms with Crippen molar-refractivity contribution in [2.75, 3.05) is 26.3 Å². The summed E-state index contributed by atoms with van der Waals surface area (Å²) in [6, 6.07) is 0. The van der Waals surface area contributed by atoms with E-state index < -0.39 is 0 Å². The molecule has 0 aromatic carbocycles. The minimum atomic E-state index is -0.134. The molecule has 4 nitrogen and oxygen atoms in total. The number of ether oxygens (including phenoxy) is 1. The maximum atomic E-state index is 10.9. The Morgan fingerprint density at radius 3 is 2.60 bits per heavy atom. The molecule has 0 aliphatic carbocycles. The van der Waals surface area contributed by atoms with Crippen molar-refractivity contribution in [1.82, 2.24) is 5.32 Å². The number of rotatable bonds is 10. The van der Waals surface area contributed by atoms with E-state index in [1.54, 1.807) is 0 Å². The Labute approximate surface area is 92.0 Å². The Morgan fingerprint density at radius 1 is 1.20 bits per heavy atom. The predicted octanol–water partition coefficient (Wildman–Crippen LogP) is 1.08. The van der Waals surface area contributed by atoms with Gasteiger partial charge >= 0.3 is 5.97 Å². The van der Waals surface area contributed by atoms with Gasteiger partial charge in [-0.1, -0.05) is 12.8 Å². The molecular weight excluding hydrogens is 194 g/mol. The highest BCUT2D eigenvalue weighted by Crippen LogP contribution is 1.97. The zero-order valence-corrected chi connectivity index (χ0v) is 9.63. The van der Waals surface area contributed by atoms with Gasteiger partial charge in [0, 0.05) is 13.2 Å². The molecule has 0 spiro atoms. The first-order valence-corrected chi connectivity index (χ1v) is 5.78. The van der Waals surface area contributed by atoms with Crippen molar-refractivity contribution in [3.8, 4) is 0 Å². The van der Waals surface area contributed by atoms with E-state index in [0.29, 0.717) is 19.6 Å². The monoisotopic (exact) mass is 217 g/mol. The Balaban J connectivity index is 3.01. The predicted molar refractivity (Wildman–Crippen MR) is 59.7 cm³/mol. The Hall–Kier alpha value is -0.610. The summed E-state index contributed by atoms with van der Waals surface area (Å²) in [4.78, 5) is 10.9. The number of nitrogens with one attached hydrogen (secondary N) is 1. The fourth-order valence-electron chi connectivity index (χ4n) is 1.26. The fourth-order valence-corrected chi connectivity index (χ4v) is 1.26. The van der Waals surface area contributed by atoms with Crippen LogP contribution in [0.3, 0.4) is 0 Å². The highest BCUT2D eigenvalue weighted by molar-refractivity contribution is 5.69. The van der Waals surface area contributed by atoms with Gasteiger partial charge in [0.25, 0.3) is 0 Å². The Bertz CT molecular complexity index is 151. The van der Waals surface area contributed by atoms with Crippen LogP contribution in [-0.2, 0) is 9.53 Å². The van der Waals surface area contributed by atoms with Crippen molar-refractivity contribution in [2.45, 2.75) is 39.0 Å². The summed E-state index contributed by atoms with van der Waals surface area (Å²) in [6.07, 6.45) is 4.65. The van der Waals surface area contributed by atoms with Gasteiger partial charge in [0.05, 0.1) is 13.0 Å². The average Bonchev–Trinajstić information content (AvgIpc) is 2.22. The van der Waals surface area contributed by atoms with Crippen LogP contribution in [0.1, 0.15) is 39.0 Å². The molecule has 0 rings (SSSR count). The van der Waals surface area contributed by atoms with Gasteiger partial charge in [0.2, 0.25) is 0 Å². The zero-order chi connectivity index (χ0) is 11.4. The molecule has 0 aliphatic heterocycles. The van der Waals surface area contributed by atoms with Crippen LogP contribution in [0.25, 0.3) is 0 Å². The third-order valence-electron chi connectivity index (χ3n) is 2.07. The molecule has 0 radical (unpaired) electrons. The molecule has 0 bridgehead atoms. The van der Waals surface area contributed by atoms with Crippen molar-refractivity contribution in [3.05, 3.63) is 0 Å². The topological polar surface area (TPSA) is 58.6 Å². The van der Waals surface area contributed by atoms with Gasteiger partial charge in [-0.25, -0.2) is 0 Å². The van der Waals surface area contributed by atoms with Crippen LogP contribution >= 0.6 is 0 Å². The molecule has 0 unspecified atom stereocenters. The van der Waals surface area contributed by atoms with E-state index in [4.69, 9.17) is 9.84 Å².